The molecule has 0 unspecified atom stereocenters. The zero-order valence-electron chi connectivity index (χ0n) is 9.61. The third-order valence-electron chi connectivity index (χ3n) is 2.48. The van der Waals surface area contributed by atoms with Crippen molar-refractivity contribution in [3.05, 3.63) is 59.4 Å². The maximum absolute atomic E-state index is 13.0. The SMILES string of the molecule is Cc1cc(N)ccc1SCc1cccc(F)c1. The van der Waals surface area contributed by atoms with Gasteiger partial charge in [-0.05, 0) is 48.4 Å². The van der Waals surface area contributed by atoms with Crippen LogP contribution >= 0.6 is 11.8 Å². The summed E-state index contributed by atoms with van der Waals surface area (Å²) in [6.45, 7) is 2.03. The lowest BCUT2D eigenvalue weighted by Gasteiger charge is -2.06. The number of hydrogen-bond donors (Lipinski definition) is 1. The van der Waals surface area contributed by atoms with Crippen LogP contribution in [-0.4, -0.2) is 0 Å². The monoisotopic (exact) mass is 247 g/mol. The lowest BCUT2D eigenvalue weighted by atomic mass is 10.2. The fourth-order valence-corrected chi connectivity index (χ4v) is 2.57. The van der Waals surface area contributed by atoms with E-state index in [2.05, 4.69) is 0 Å². The molecule has 17 heavy (non-hydrogen) atoms. The van der Waals surface area contributed by atoms with Crippen molar-refractivity contribution in [2.24, 2.45) is 0 Å². The van der Waals surface area contributed by atoms with Gasteiger partial charge in [-0.25, -0.2) is 4.39 Å². The van der Waals surface area contributed by atoms with Crippen LogP contribution in [-0.2, 0) is 5.75 Å². The Morgan fingerprint density at radius 3 is 2.71 bits per heavy atom. The molecule has 1 nitrogen and oxygen atoms in total. The smallest absolute Gasteiger partial charge is 0.123 e. The highest BCUT2D eigenvalue weighted by molar-refractivity contribution is 7.98. The maximum Gasteiger partial charge on any atom is 0.123 e. The molecule has 0 amide bonds. The topological polar surface area (TPSA) is 26.0 Å². The predicted molar refractivity (Wildman–Crippen MR) is 71.6 cm³/mol. The average molecular weight is 247 g/mol. The molecule has 0 saturated carbocycles. The van der Waals surface area contributed by atoms with Crippen LogP contribution in [0.3, 0.4) is 0 Å². The van der Waals surface area contributed by atoms with Crippen molar-refractivity contribution >= 4 is 17.4 Å². The molecule has 0 aliphatic carbocycles. The summed E-state index contributed by atoms with van der Waals surface area (Å²) in [5, 5.41) is 0. The lowest BCUT2D eigenvalue weighted by Crippen LogP contribution is -1.88. The molecular weight excluding hydrogens is 233 g/mol. The van der Waals surface area contributed by atoms with Gasteiger partial charge in [0.15, 0.2) is 0 Å². The van der Waals surface area contributed by atoms with Gasteiger partial charge < -0.3 is 5.73 Å². The van der Waals surface area contributed by atoms with Crippen LogP contribution < -0.4 is 5.73 Å². The van der Waals surface area contributed by atoms with E-state index in [0.29, 0.717) is 0 Å². The summed E-state index contributed by atoms with van der Waals surface area (Å²) in [5.41, 5.74) is 8.62. The Hall–Kier alpha value is -1.48. The van der Waals surface area contributed by atoms with Crippen molar-refractivity contribution in [3.8, 4) is 0 Å². The van der Waals surface area contributed by atoms with Crippen molar-refractivity contribution in [1.82, 2.24) is 0 Å². The second kappa shape index (κ2) is 5.23. The Balaban J connectivity index is 2.07. The fourth-order valence-electron chi connectivity index (χ4n) is 1.62. The third-order valence-corrected chi connectivity index (χ3v) is 3.73. The number of nitrogens with two attached hydrogens (primary N) is 1. The summed E-state index contributed by atoms with van der Waals surface area (Å²) in [5.74, 6) is 0.583. The van der Waals surface area contributed by atoms with E-state index in [9.17, 15) is 4.39 Å². The minimum absolute atomic E-state index is 0.183. The number of thioether (sulfide) groups is 1. The van der Waals surface area contributed by atoms with E-state index in [1.165, 1.54) is 11.0 Å². The molecule has 88 valence electrons. The molecule has 2 rings (SSSR count). The molecule has 0 bridgehead atoms. The van der Waals surface area contributed by atoms with Gasteiger partial charge in [0.1, 0.15) is 5.82 Å². The summed E-state index contributed by atoms with van der Waals surface area (Å²) >= 11 is 1.70. The molecule has 2 N–H and O–H groups in total. The highest BCUT2D eigenvalue weighted by Crippen LogP contribution is 2.27. The Morgan fingerprint density at radius 1 is 1.18 bits per heavy atom. The molecule has 0 aromatic heterocycles. The van der Waals surface area contributed by atoms with Gasteiger partial charge in [-0.3, -0.25) is 0 Å². The van der Waals surface area contributed by atoms with Crippen LogP contribution in [0.25, 0.3) is 0 Å². The minimum atomic E-state index is -0.183. The number of aryl methyl sites for hydroxylation is 1. The van der Waals surface area contributed by atoms with E-state index < -0.39 is 0 Å². The van der Waals surface area contributed by atoms with Crippen molar-refractivity contribution in [3.63, 3.8) is 0 Å². The largest absolute Gasteiger partial charge is 0.399 e. The van der Waals surface area contributed by atoms with Crippen LogP contribution in [0.5, 0.6) is 0 Å². The molecular formula is C14H14FNS. The maximum atomic E-state index is 13.0. The second-order valence-corrected chi connectivity index (χ2v) is 4.96. The van der Waals surface area contributed by atoms with Crippen LogP contribution in [0.1, 0.15) is 11.1 Å². The normalized spacial score (nSPS) is 10.5. The Kier molecular flexibility index (Phi) is 3.69. The molecule has 0 saturated heterocycles. The highest BCUT2D eigenvalue weighted by atomic mass is 32.2. The van der Waals surface area contributed by atoms with Crippen LogP contribution in [0.4, 0.5) is 10.1 Å². The van der Waals surface area contributed by atoms with Crippen molar-refractivity contribution in [2.45, 2.75) is 17.6 Å². The molecule has 0 spiro atoms. The molecule has 0 radical (unpaired) electrons. The van der Waals surface area contributed by atoms with Gasteiger partial charge in [-0.1, -0.05) is 12.1 Å². The van der Waals surface area contributed by atoms with Gasteiger partial charge in [0.25, 0.3) is 0 Å². The number of nitrogen functional groups attached to an aromatic ring is 1. The first-order chi connectivity index (χ1) is 8.15. The predicted octanol–water partition coefficient (Wildman–Crippen LogP) is 4.01. The van der Waals surface area contributed by atoms with Crippen LogP contribution in [0.2, 0.25) is 0 Å². The average Bonchev–Trinajstić information content (AvgIpc) is 2.28. The second-order valence-electron chi connectivity index (χ2n) is 3.94. The quantitative estimate of drug-likeness (QED) is 0.655. The number of benzene rings is 2. The summed E-state index contributed by atoms with van der Waals surface area (Å²) in [6, 6.07) is 12.6. The Labute approximate surface area is 105 Å². The van der Waals surface area contributed by atoms with E-state index in [1.807, 2.05) is 31.2 Å². The number of hydrogen-bond acceptors (Lipinski definition) is 2. The van der Waals surface area contributed by atoms with E-state index in [-0.39, 0.29) is 5.82 Å². The van der Waals surface area contributed by atoms with Crippen molar-refractivity contribution in [1.29, 1.82) is 0 Å². The third kappa shape index (κ3) is 3.24. The molecule has 0 heterocycles. The molecule has 2 aromatic rings. The summed E-state index contributed by atoms with van der Waals surface area (Å²) < 4.78 is 13.0. The van der Waals surface area contributed by atoms with Crippen LogP contribution in [0, 0.1) is 12.7 Å². The van der Waals surface area contributed by atoms with E-state index in [0.717, 1.165) is 22.6 Å². The molecule has 2 aromatic carbocycles. The summed E-state index contributed by atoms with van der Waals surface area (Å²) in [7, 11) is 0. The van der Waals surface area contributed by atoms with Crippen molar-refractivity contribution in [2.75, 3.05) is 5.73 Å². The molecule has 3 heteroatoms. The molecule has 0 aliphatic rings. The first kappa shape index (κ1) is 12.0. The summed E-state index contributed by atoms with van der Waals surface area (Å²) in [6.07, 6.45) is 0. The first-order valence-electron chi connectivity index (χ1n) is 5.38. The van der Waals surface area contributed by atoms with Gasteiger partial charge in [-0.15, -0.1) is 11.8 Å². The fraction of sp³-hybridized carbons (Fsp3) is 0.143. The van der Waals surface area contributed by atoms with E-state index in [4.69, 9.17) is 5.73 Å². The number of rotatable bonds is 3. The minimum Gasteiger partial charge on any atom is -0.399 e. The number of anilines is 1. The van der Waals surface area contributed by atoms with Gasteiger partial charge in [0, 0.05) is 16.3 Å². The molecule has 0 aliphatic heterocycles. The van der Waals surface area contributed by atoms with Gasteiger partial charge in [0.05, 0.1) is 0 Å². The zero-order chi connectivity index (χ0) is 12.3. The van der Waals surface area contributed by atoms with E-state index >= 15 is 0 Å². The Morgan fingerprint density at radius 2 is 2.00 bits per heavy atom. The van der Waals surface area contributed by atoms with Crippen LogP contribution in [0.15, 0.2) is 47.4 Å². The standard InChI is InChI=1S/C14H14FNS/c1-10-7-13(16)5-6-14(10)17-9-11-3-2-4-12(15)8-11/h2-8H,9,16H2,1H3. The zero-order valence-corrected chi connectivity index (χ0v) is 10.4. The highest BCUT2D eigenvalue weighted by Gasteiger charge is 2.01. The lowest BCUT2D eigenvalue weighted by molar-refractivity contribution is 0.626. The number of halogens is 1. The van der Waals surface area contributed by atoms with Crippen molar-refractivity contribution < 1.29 is 4.39 Å². The molecule has 0 fully saturated rings. The van der Waals surface area contributed by atoms with Gasteiger partial charge >= 0.3 is 0 Å². The summed E-state index contributed by atoms with van der Waals surface area (Å²) in [4.78, 5) is 1.18. The van der Waals surface area contributed by atoms with Gasteiger partial charge in [-0.2, -0.15) is 0 Å². The Bertz CT molecular complexity index is 525. The first-order valence-corrected chi connectivity index (χ1v) is 6.37. The van der Waals surface area contributed by atoms with Gasteiger partial charge in [0.2, 0.25) is 0 Å². The van der Waals surface area contributed by atoms with E-state index in [1.54, 1.807) is 23.9 Å². The molecule has 0 atom stereocenters.